The normalized spacial score (nSPS) is 13.4. The number of alkyl halides is 6. The van der Waals surface area contributed by atoms with Crippen molar-refractivity contribution in [2.75, 3.05) is 27.3 Å². The van der Waals surface area contributed by atoms with Crippen LogP contribution in [0.1, 0.15) is 33.0 Å². The molecular weight excluding hydrogens is 597 g/mol. The van der Waals surface area contributed by atoms with E-state index in [-0.39, 0.29) is 27.2 Å². The van der Waals surface area contributed by atoms with Crippen molar-refractivity contribution in [3.63, 3.8) is 0 Å². The van der Waals surface area contributed by atoms with Crippen LogP contribution in [0.2, 0.25) is 15.1 Å². The highest BCUT2D eigenvalue weighted by Gasteiger charge is 2.39. The number of carbonyl (C=O) groups is 2. The summed E-state index contributed by atoms with van der Waals surface area (Å²) < 4.78 is 80.1. The lowest BCUT2D eigenvalue weighted by atomic mass is 9.96. The average molecular weight is 622 g/mol. The van der Waals surface area contributed by atoms with Gasteiger partial charge in [0.05, 0.1) is 27.6 Å². The van der Waals surface area contributed by atoms with Crippen LogP contribution in [-0.2, 0) is 9.53 Å². The number of ether oxygens (including phenoxy) is 1. The molecule has 0 bridgehead atoms. The molecule has 0 aliphatic heterocycles. The molecule has 2 N–H and O–H groups in total. The molecule has 0 spiro atoms. The van der Waals surface area contributed by atoms with Gasteiger partial charge in [-0.3, -0.25) is 9.59 Å². The molecule has 0 fully saturated rings. The molecule has 0 aromatic heterocycles. The van der Waals surface area contributed by atoms with Crippen molar-refractivity contribution in [2.45, 2.75) is 31.2 Å². The maximum atomic E-state index is 13.5. The summed E-state index contributed by atoms with van der Waals surface area (Å²) in [6.07, 6.45) is -5.86. The summed E-state index contributed by atoms with van der Waals surface area (Å²) in [7, 11) is 2.83. The van der Waals surface area contributed by atoms with Crippen molar-refractivity contribution >= 4 is 53.1 Å². The first-order valence-corrected chi connectivity index (χ1v) is 12.1. The molecule has 2 atom stereocenters. The summed E-state index contributed by atoms with van der Waals surface area (Å²) in [5, 5.41) is 4.21. The molecule has 0 aliphatic rings. The average Bonchev–Trinajstić information content (AvgIpc) is 2.83. The number of nitrogens with one attached hydrogen (secondary N) is 2. The van der Waals surface area contributed by atoms with Gasteiger partial charge in [-0.2, -0.15) is 26.3 Å². The molecule has 0 saturated heterocycles. The summed E-state index contributed by atoms with van der Waals surface area (Å²) in [5.41, 5.74) is 1.60. The molecule has 1 amide bonds. The van der Waals surface area contributed by atoms with Crippen LogP contribution in [0, 0.1) is 6.92 Å². The van der Waals surface area contributed by atoms with E-state index in [1.165, 1.54) is 20.2 Å². The highest BCUT2D eigenvalue weighted by molar-refractivity contribution is 6.48. The zero-order valence-electron chi connectivity index (χ0n) is 20.8. The van der Waals surface area contributed by atoms with E-state index in [4.69, 9.17) is 34.8 Å². The molecule has 2 rings (SSSR count). The summed E-state index contributed by atoms with van der Waals surface area (Å²) in [6.45, 7) is 0.412. The van der Waals surface area contributed by atoms with Gasteiger partial charge in [-0.05, 0) is 42.8 Å². The Kier molecular flexibility index (Phi) is 13.8. The standard InChI is InChI=1S/C18H12Cl3F3O.C7H13F3N2O2/c1-10-6-11(2-4-12(10)9-25)3-5-14(18(22,23)24)13-7-15(19)17(21)16(20)8-13;1-11-5(3-14-2)6(13)12-4-7(8,9)10/h2-9,14H,1H3;5,11H,3-4H2,1-2H3,(H,12,13)/b5-3+;. The van der Waals surface area contributed by atoms with Crippen molar-refractivity contribution in [3.05, 3.63) is 73.7 Å². The van der Waals surface area contributed by atoms with Crippen molar-refractivity contribution in [1.82, 2.24) is 10.6 Å². The molecule has 14 heteroatoms. The molecule has 0 aliphatic carbocycles. The van der Waals surface area contributed by atoms with E-state index in [9.17, 15) is 35.9 Å². The van der Waals surface area contributed by atoms with Crippen LogP contribution in [0.5, 0.6) is 0 Å². The smallest absolute Gasteiger partial charge is 0.383 e. The van der Waals surface area contributed by atoms with Crippen LogP contribution in [0.15, 0.2) is 36.4 Å². The number of hydrogen-bond acceptors (Lipinski definition) is 4. The van der Waals surface area contributed by atoms with Crippen molar-refractivity contribution in [3.8, 4) is 0 Å². The zero-order valence-corrected chi connectivity index (χ0v) is 23.1. The molecule has 2 aromatic carbocycles. The second kappa shape index (κ2) is 15.5. The Balaban J connectivity index is 0.000000464. The fourth-order valence-electron chi connectivity index (χ4n) is 3.07. The van der Waals surface area contributed by atoms with Crippen LogP contribution in [0.3, 0.4) is 0 Å². The third-order valence-corrected chi connectivity index (χ3v) is 6.28. The topological polar surface area (TPSA) is 67.4 Å². The summed E-state index contributed by atoms with van der Waals surface area (Å²) >= 11 is 17.5. The van der Waals surface area contributed by atoms with Gasteiger partial charge in [-0.25, -0.2) is 0 Å². The minimum atomic E-state index is -4.53. The van der Waals surface area contributed by atoms with Crippen LogP contribution in [0.4, 0.5) is 26.3 Å². The quantitative estimate of drug-likeness (QED) is 0.179. The predicted octanol–water partition coefficient (Wildman–Crippen LogP) is 7.03. The molecule has 5 nitrogen and oxygen atoms in total. The molecule has 0 heterocycles. The van der Waals surface area contributed by atoms with E-state index in [2.05, 4.69) is 10.1 Å². The van der Waals surface area contributed by atoms with Crippen LogP contribution in [-0.4, -0.2) is 57.9 Å². The number of hydrogen-bond donors (Lipinski definition) is 2. The van der Waals surface area contributed by atoms with Gasteiger partial charge in [0, 0.05) is 12.7 Å². The fourth-order valence-corrected chi connectivity index (χ4v) is 3.69. The monoisotopic (exact) mass is 620 g/mol. The van der Waals surface area contributed by atoms with Gasteiger partial charge in [0.2, 0.25) is 5.91 Å². The van der Waals surface area contributed by atoms with Gasteiger partial charge in [-0.15, -0.1) is 0 Å². The third-order valence-electron chi connectivity index (χ3n) is 5.08. The van der Waals surface area contributed by atoms with E-state index in [0.717, 1.165) is 18.2 Å². The molecule has 39 heavy (non-hydrogen) atoms. The zero-order chi connectivity index (χ0) is 30.0. The number of allylic oxidation sites excluding steroid dienone is 1. The first-order chi connectivity index (χ1) is 18.0. The Bertz CT molecular complexity index is 1130. The van der Waals surface area contributed by atoms with E-state index in [1.807, 2.05) is 0 Å². The van der Waals surface area contributed by atoms with Gasteiger partial charge in [0.1, 0.15) is 18.9 Å². The maximum Gasteiger partial charge on any atom is 0.405 e. The molecule has 0 radical (unpaired) electrons. The molecular formula is C25H25Cl3F6N2O3. The van der Waals surface area contributed by atoms with Crippen LogP contribution < -0.4 is 10.6 Å². The SMILES string of the molecule is CNC(COC)C(=O)NCC(F)(F)F.Cc1cc(/C=C/C(c2cc(Cl)c(Cl)c(Cl)c2)C(F)(F)F)ccc1C=O. The van der Waals surface area contributed by atoms with Gasteiger partial charge in [0.15, 0.2) is 0 Å². The van der Waals surface area contributed by atoms with Crippen molar-refractivity contribution in [2.24, 2.45) is 0 Å². The number of aryl methyl sites for hydroxylation is 1. The molecule has 0 saturated carbocycles. The highest BCUT2D eigenvalue weighted by atomic mass is 35.5. The largest absolute Gasteiger partial charge is 0.405 e. The first kappa shape index (κ1) is 34.7. The summed E-state index contributed by atoms with van der Waals surface area (Å²) in [4.78, 5) is 21.9. The van der Waals surface area contributed by atoms with Gasteiger partial charge >= 0.3 is 12.4 Å². The number of methoxy groups -OCH3 is 1. The first-order valence-electron chi connectivity index (χ1n) is 11.0. The highest BCUT2D eigenvalue weighted by Crippen LogP contribution is 2.41. The Labute approximate surface area is 236 Å². The second-order valence-corrected chi connectivity index (χ2v) is 9.23. The predicted molar refractivity (Wildman–Crippen MR) is 140 cm³/mol. The number of aldehydes is 1. The van der Waals surface area contributed by atoms with Crippen molar-refractivity contribution in [1.29, 1.82) is 0 Å². The van der Waals surface area contributed by atoms with E-state index in [0.29, 0.717) is 23.0 Å². The molecule has 2 aromatic rings. The lowest BCUT2D eigenvalue weighted by Crippen LogP contribution is -2.47. The number of benzene rings is 2. The molecule has 216 valence electrons. The van der Waals surface area contributed by atoms with Crippen LogP contribution in [0.25, 0.3) is 6.08 Å². The van der Waals surface area contributed by atoms with E-state index < -0.39 is 36.8 Å². The van der Waals surface area contributed by atoms with E-state index in [1.54, 1.807) is 30.4 Å². The Morgan fingerprint density at radius 1 is 1.05 bits per heavy atom. The van der Waals surface area contributed by atoms with Crippen molar-refractivity contribution < 1.29 is 40.7 Å². The minimum absolute atomic E-state index is 0.0112. The number of amides is 1. The number of rotatable bonds is 9. The maximum absolute atomic E-state index is 13.5. The van der Waals surface area contributed by atoms with Crippen LogP contribution >= 0.6 is 34.8 Å². The lowest BCUT2D eigenvalue weighted by Gasteiger charge is -2.18. The second-order valence-electron chi connectivity index (χ2n) is 8.04. The number of carbonyl (C=O) groups excluding carboxylic acids is 2. The fraction of sp³-hybridized carbons (Fsp3) is 0.360. The summed E-state index contributed by atoms with van der Waals surface area (Å²) in [6, 6.07) is 6.30. The van der Waals surface area contributed by atoms with Gasteiger partial charge in [-0.1, -0.05) is 65.2 Å². The Morgan fingerprint density at radius 3 is 2.08 bits per heavy atom. The number of likely N-dealkylation sites (N-methyl/N-ethyl adjacent to an activating group) is 1. The summed E-state index contributed by atoms with van der Waals surface area (Å²) in [5.74, 6) is -2.63. The third kappa shape index (κ3) is 11.8. The Hall–Kier alpha value is -2.31. The number of halogens is 9. The lowest BCUT2D eigenvalue weighted by molar-refractivity contribution is -0.140. The van der Waals surface area contributed by atoms with E-state index >= 15 is 0 Å². The molecule has 2 unspecified atom stereocenters. The minimum Gasteiger partial charge on any atom is -0.383 e. The Morgan fingerprint density at radius 2 is 1.64 bits per heavy atom. The van der Waals surface area contributed by atoms with Gasteiger partial charge < -0.3 is 15.4 Å². The van der Waals surface area contributed by atoms with Gasteiger partial charge in [0.25, 0.3) is 0 Å².